The molecule has 0 atom stereocenters. The van der Waals surface area contributed by atoms with E-state index >= 15 is 0 Å². The Balaban J connectivity index is 2.06. The Morgan fingerprint density at radius 2 is 1.91 bits per heavy atom. The molecule has 1 aromatic carbocycles. The van der Waals surface area contributed by atoms with Gasteiger partial charge in [0, 0.05) is 0 Å². The van der Waals surface area contributed by atoms with Crippen molar-refractivity contribution in [2.75, 3.05) is 0 Å². The molecule has 1 N–H and O–H groups in total. The lowest BCUT2D eigenvalue weighted by Gasteiger charge is -2.06. The van der Waals surface area contributed by atoms with Gasteiger partial charge in [0.05, 0.1) is 21.2 Å². The van der Waals surface area contributed by atoms with Crippen molar-refractivity contribution in [3.63, 3.8) is 0 Å². The zero-order valence-electron chi connectivity index (χ0n) is 11.9. The van der Waals surface area contributed by atoms with E-state index in [0.717, 1.165) is 8.98 Å². The summed E-state index contributed by atoms with van der Waals surface area (Å²) in [6.07, 6.45) is 1.40. The highest BCUT2D eigenvalue weighted by Crippen LogP contribution is 2.31. The van der Waals surface area contributed by atoms with E-state index < -0.39 is 10.0 Å². The average molecular weight is 335 g/mol. The van der Waals surface area contributed by atoms with E-state index in [1.165, 1.54) is 18.1 Å². The second-order valence-electron chi connectivity index (χ2n) is 4.55. The van der Waals surface area contributed by atoms with Crippen LogP contribution in [0.25, 0.3) is 0 Å². The highest BCUT2D eigenvalue weighted by Gasteiger charge is 2.24. The molecular formula is C13H13N5O2S2. The summed E-state index contributed by atoms with van der Waals surface area (Å²) in [4.78, 5) is 4.99. The maximum Gasteiger partial charge on any atom is 0.283 e. The molecule has 7 nitrogen and oxygen atoms in total. The molecular weight excluding hydrogens is 322 g/mol. The predicted octanol–water partition coefficient (Wildman–Crippen LogP) is 2.01. The van der Waals surface area contributed by atoms with E-state index in [0.29, 0.717) is 16.5 Å². The molecule has 114 valence electrons. The van der Waals surface area contributed by atoms with Crippen molar-refractivity contribution in [1.82, 2.24) is 24.4 Å². The van der Waals surface area contributed by atoms with Crippen molar-refractivity contribution < 1.29 is 8.42 Å². The Morgan fingerprint density at radius 1 is 1.18 bits per heavy atom. The van der Waals surface area contributed by atoms with Crippen LogP contribution in [0.5, 0.6) is 0 Å². The molecule has 0 aliphatic heterocycles. The molecule has 0 radical (unpaired) electrons. The number of aryl methyl sites for hydroxylation is 1. The predicted molar refractivity (Wildman–Crippen MR) is 81.2 cm³/mol. The number of aromatic nitrogens is 5. The molecule has 0 fully saturated rings. The third-order valence-corrected chi connectivity index (χ3v) is 5.91. The van der Waals surface area contributed by atoms with Crippen LogP contribution in [0.3, 0.4) is 0 Å². The molecule has 0 bridgehead atoms. The molecule has 0 amide bonds. The number of hydrogen-bond donors (Lipinski definition) is 1. The quantitative estimate of drug-likeness (QED) is 0.784. The van der Waals surface area contributed by atoms with Crippen molar-refractivity contribution in [1.29, 1.82) is 0 Å². The first-order valence-electron chi connectivity index (χ1n) is 6.40. The molecule has 22 heavy (non-hydrogen) atoms. The third-order valence-electron chi connectivity index (χ3n) is 3.05. The molecule has 0 saturated carbocycles. The lowest BCUT2D eigenvalue weighted by atomic mass is 10.4. The van der Waals surface area contributed by atoms with E-state index in [2.05, 4.69) is 20.3 Å². The summed E-state index contributed by atoms with van der Waals surface area (Å²) < 4.78 is 26.4. The zero-order valence-corrected chi connectivity index (χ0v) is 13.5. The maximum absolute atomic E-state index is 12.7. The van der Waals surface area contributed by atoms with Crippen LogP contribution in [-0.2, 0) is 10.0 Å². The van der Waals surface area contributed by atoms with Crippen molar-refractivity contribution in [3.05, 3.63) is 48.0 Å². The van der Waals surface area contributed by atoms with Gasteiger partial charge in [-0.15, -0.1) is 0 Å². The van der Waals surface area contributed by atoms with E-state index in [1.54, 1.807) is 44.2 Å². The Bertz CT molecular complexity index is 886. The van der Waals surface area contributed by atoms with Gasteiger partial charge in [0.2, 0.25) is 0 Å². The normalized spacial score (nSPS) is 11.7. The second-order valence-corrected chi connectivity index (χ2v) is 7.32. The number of hydrogen-bond acceptors (Lipinski definition) is 6. The Kier molecular flexibility index (Phi) is 3.75. The van der Waals surface area contributed by atoms with E-state index in [1.807, 2.05) is 0 Å². The van der Waals surface area contributed by atoms with Crippen LogP contribution in [0, 0.1) is 13.8 Å². The van der Waals surface area contributed by atoms with Crippen molar-refractivity contribution in [3.8, 4) is 0 Å². The number of benzene rings is 1. The fraction of sp³-hybridized carbons (Fsp3) is 0.154. The minimum Gasteiger partial charge on any atom is -0.254 e. The zero-order chi connectivity index (χ0) is 15.7. The van der Waals surface area contributed by atoms with Crippen molar-refractivity contribution in [2.24, 2.45) is 0 Å². The molecule has 3 aromatic rings. The van der Waals surface area contributed by atoms with Gasteiger partial charge in [0.25, 0.3) is 10.0 Å². The average Bonchev–Trinajstić information content (AvgIpc) is 3.12. The molecule has 3 rings (SSSR count). The Labute approximate surface area is 131 Å². The lowest BCUT2D eigenvalue weighted by molar-refractivity contribution is 0.577. The number of nitrogens with zero attached hydrogens (tertiary/aromatic N) is 4. The molecule has 0 saturated heterocycles. The van der Waals surface area contributed by atoms with Crippen LogP contribution in [-0.4, -0.2) is 32.8 Å². The highest BCUT2D eigenvalue weighted by atomic mass is 32.2. The standard InChI is InChI=1S/C13H13N5O2S2/c1-9-12(21-13-14-8-15-16-13)10(2)18(17-9)22(19,20)11-6-4-3-5-7-11/h3-8H,1-2H3,(H,14,15,16). The van der Waals surface area contributed by atoms with Crippen LogP contribution >= 0.6 is 11.8 Å². The lowest BCUT2D eigenvalue weighted by Crippen LogP contribution is -2.16. The van der Waals surface area contributed by atoms with Gasteiger partial charge in [-0.1, -0.05) is 18.2 Å². The van der Waals surface area contributed by atoms with Gasteiger partial charge in [-0.05, 0) is 37.7 Å². The van der Waals surface area contributed by atoms with Crippen LogP contribution in [0.15, 0.2) is 51.6 Å². The number of nitrogens with one attached hydrogen (secondary N) is 1. The molecule has 0 aliphatic carbocycles. The maximum atomic E-state index is 12.7. The number of H-pyrrole nitrogens is 1. The van der Waals surface area contributed by atoms with E-state index in [9.17, 15) is 8.42 Å². The topological polar surface area (TPSA) is 93.5 Å². The first-order chi connectivity index (χ1) is 10.5. The molecule has 2 heterocycles. The van der Waals surface area contributed by atoms with Crippen LogP contribution in [0.4, 0.5) is 0 Å². The largest absolute Gasteiger partial charge is 0.283 e. The van der Waals surface area contributed by atoms with Crippen LogP contribution in [0.1, 0.15) is 11.4 Å². The Morgan fingerprint density at radius 3 is 2.55 bits per heavy atom. The number of aromatic amines is 1. The molecule has 0 aliphatic rings. The first kappa shape index (κ1) is 14.8. The summed E-state index contributed by atoms with van der Waals surface area (Å²) >= 11 is 1.30. The summed E-state index contributed by atoms with van der Waals surface area (Å²) in [5.41, 5.74) is 1.17. The molecule has 0 spiro atoms. The molecule has 9 heteroatoms. The fourth-order valence-corrected chi connectivity index (χ4v) is 4.27. The minimum absolute atomic E-state index is 0.205. The fourth-order valence-electron chi connectivity index (χ4n) is 2.02. The summed E-state index contributed by atoms with van der Waals surface area (Å²) in [6, 6.07) is 8.24. The SMILES string of the molecule is Cc1nn(S(=O)(=O)c2ccccc2)c(C)c1Sc1ncn[nH]1. The Hall–Kier alpha value is -2.13. The van der Waals surface area contributed by atoms with Crippen LogP contribution in [0.2, 0.25) is 0 Å². The summed E-state index contributed by atoms with van der Waals surface area (Å²) in [6.45, 7) is 3.49. The van der Waals surface area contributed by atoms with Crippen molar-refractivity contribution in [2.45, 2.75) is 28.8 Å². The summed E-state index contributed by atoms with van der Waals surface area (Å²) in [5, 5.41) is 11.3. The van der Waals surface area contributed by atoms with Crippen molar-refractivity contribution >= 4 is 21.8 Å². The molecule has 0 unspecified atom stereocenters. The third kappa shape index (κ3) is 2.53. The van der Waals surface area contributed by atoms with Gasteiger partial charge >= 0.3 is 0 Å². The first-order valence-corrected chi connectivity index (χ1v) is 8.66. The van der Waals surface area contributed by atoms with Gasteiger partial charge < -0.3 is 0 Å². The smallest absolute Gasteiger partial charge is 0.254 e. The van der Waals surface area contributed by atoms with Gasteiger partial charge in [-0.3, -0.25) is 5.10 Å². The van der Waals surface area contributed by atoms with Gasteiger partial charge in [-0.25, -0.2) is 4.98 Å². The number of rotatable bonds is 4. The second kappa shape index (κ2) is 5.58. The monoisotopic (exact) mass is 335 g/mol. The summed E-state index contributed by atoms with van der Waals surface area (Å²) in [7, 11) is -3.70. The van der Waals surface area contributed by atoms with Crippen LogP contribution < -0.4 is 0 Å². The summed E-state index contributed by atoms with van der Waals surface area (Å²) in [5.74, 6) is 0. The molecule has 2 aromatic heterocycles. The highest BCUT2D eigenvalue weighted by molar-refractivity contribution is 7.99. The van der Waals surface area contributed by atoms with E-state index in [-0.39, 0.29) is 4.90 Å². The van der Waals surface area contributed by atoms with Gasteiger partial charge in [-0.2, -0.15) is 22.7 Å². The van der Waals surface area contributed by atoms with Gasteiger partial charge in [0.15, 0.2) is 5.16 Å². The minimum atomic E-state index is -3.70. The van der Waals surface area contributed by atoms with Gasteiger partial charge in [0.1, 0.15) is 6.33 Å². The van der Waals surface area contributed by atoms with E-state index in [4.69, 9.17) is 0 Å².